The molecule has 1 N–H and O–H groups in total. The smallest absolute Gasteiger partial charge is 0.329 e. The lowest BCUT2D eigenvalue weighted by Crippen LogP contribution is -2.45. The minimum absolute atomic E-state index is 0.169. The van der Waals surface area contributed by atoms with Gasteiger partial charge in [-0.1, -0.05) is 54.6 Å². The minimum atomic E-state index is -0.785. The second-order valence-electron chi connectivity index (χ2n) is 7.26. The molecule has 2 unspecified atom stereocenters. The van der Waals surface area contributed by atoms with Gasteiger partial charge in [0.15, 0.2) is 5.76 Å². The van der Waals surface area contributed by atoms with Gasteiger partial charge < -0.3 is 14.5 Å². The first kappa shape index (κ1) is 19.0. The molecule has 1 heterocycles. The van der Waals surface area contributed by atoms with Crippen LogP contribution in [0.3, 0.4) is 0 Å². The Balaban J connectivity index is 1.46. The number of hydrogen-bond donors (Lipinski definition) is 1. The van der Waals surface area contributed by atoms with Crippen LogP contribution in [0.5, 0.6) is 0 Å². The molecule has 0 spiro atoms. The number of esters is 1. The number of amides is 1. The van der Waals surface area contributed by atoms with E-state index in [0.717, 1.165) is 18.4 Å². The zero-order chi connectivity index (χ0) is 20.1. The number of rotatable bonds is 6. The lowest BCUT2D eigenvalue weighted by molar-refractivity contribution is -0.151. The van der Waals surface area contributed by atoms with Gasteiger partial charge in [-0.3, -0.25) is 4.79 Å². The maximum Gasteiger partial charge on any atom is 0.329 e. The summed E-state index contributed by atoms with van der Waals surface area (Å²) >= 11 is 0. The molecule has 2 atom stereocenters. The van der Waals surface area contributed by atoms with E-state index in [0.29, 0.717) is 12.8 Å². The fourth-order valence-corrected chi connectivity index (χ4v) is 3.69. The number of hydrogen-bond acceptors (Lipinski definition) is 4. The molecular formula is C24H23NO4. The highest BCUT2D eigenvalue weighted by atomic mass is 16.5. The van der Waals surface area contributed by atoms with Crippen molar-refractivity contribution in [2.24, 2.45) is 0 Å². The van der Waals surface area contributed by atoms with E-state index in [1.165, 1.54) is 17.4 Å². The summed E-state index contributed by atoms with van der Waals surface area (Å²) in [4.78, 5) is 25.4. The third kappa shape index (κ3) is 4.74. The highest BCUT2D eigenvalue weighted by Crippen LogP contribution is 2.23. The number of fused-ring (bicyclic) bond motifs is 1. The first-order chi connectivity index (χ1) is 14.2. The molecule has 1 aliphatic carbocycles. The maximum atomic E-state index is 13.0. The monoisotopic (exact) mass is 389 g/mol. The van der Waals surface area contributed by atoms with Crippen molar-refractivity contribution in [1.29, 1.82) is 0 Å². The van der Waals surface area contributed by atoms with Crippen molar-refractivity contribution in [3.05, 3.63) is 95.4 Å². The summed E-state index contributed by atoms with van der Waals surface area (Å²) < 4.78 is 11.0. The topological polar surface area (TPSA) is 68.5 Å². The number of carbonyl (C=O) groups excluding carboxylic acids is 2. The first-order valence-electron chi connectivity index (χ1n) is 9.84. The second kappa shape index (κ2) is 8.78. The zero-order valence-electron chi connectivity index (χ0n) is 16.0. The SMILES string of the molecule is O=C(NC(Cc1ccccc1)C(=O)OC1CCc2ccccc2C1)c1ccco1. The van der Waals surface area contributed by atoms with Crippen LogP contribution in [-0.2, 0) is 28.8 Å². The molecule has 3 aromatic rings. The molecule has 1 amide bonds. The third-order valence-electron chi connectivity index (χ3n) is 5.20. The average molecular weight is 389 g/mol. The van der Waals surface area contributed by atoms with Crippen LogP contribution >= 0.6 is 0 Å². The summed E-state index contributed by atoms with van der Waals surface area (Å²) in [7, 11) is 0. The van der Waals surface area contributed by atoms with E-state index in [1.807, 2.05) is 42.5 Å². The van der Waals surface area contributed by atoms with Crippen LogP contribution in [0.2, 0.25) is 0 Å². The maximum absolute atomic E-state index is 13.0. The Morgan fingerprint density at radius 2 is 1.76 bits per heavy atom. The lowest BCUT2D eigenvalue weighted by atomic mass is 9.90. The Kier molecular flexibility index (Phi) is 5.75. The summed E-state index contributed by atoms with van der Waals surface area (Å²) in [6, 6.07) is 20.2. The summed E-state index contributed by atoms with van der Waals surface area (Å²) in [6.07, 6.45) is 3.97. The number of benzene rings is 2. The van der Waals surface area contributed by atoms with Gasteiger partial charge in [-0.2, -0.15) is 0 Å². The van der Waals surface area contributed by atoms with E-state index in [4.69, 9.17) is 9.15 Å². The van der Waals surface area contributed by atoms with Crippen molar-refractivity contribution in [3.63, 3.8) is 0 Å². The Morgan fingerprint density at radius 3 is 2.52 bits per heavy atom. The van der Waals surface area contributed by atoms with E-state index in [9.17, 15) is 9.59 Å². The van der Waals surface area contributed by atoms with Crippen LogP contribution in [-0.4, -0.2) is 24.0 Å². The standard InChI is InChI=1S/C24H23NO4/c26-23(22-11-6-14-28-22)25-21(15-17-7-2-1-3-8-17)24(27)29-20-13-12-18-9-4-5-10-19(18)16-20/h1-11,14,20-21H,12-13,15-16H2,(H,25,26). The summed E-state index contributed by atoms with van der Waals surface area (Å²) in [5, 5.41) is 2.77. The summed E-state index contributed by atoms with van der Waals surface area (Å²) in [5.74, 6) is -0.678. The van der Waals surface area contributed by atoms with Crippen LogP contribution in [0.15, 0.2) is 77.4 Å². The number of nitrogens with one attached hydrogen (secondary N) is 1. The molecule has 148 valence electrons. The Labute approximate surface area is 169 Å². The number of furan rings is 1. The fourth-order valence-electron chi connectivity index (χ4n) is 3.69. The number of carbonyl (C=O) groups is 2. The van der Waals surface area contributed by atoms with E-state index in [-0.39, 0.29) is 11.9 Å². The van der Waals surface area contributed by atoms with Gasteiger partial charge >= 0.3 is 5.97 Å². The van der Waals surface area contributed by atoms with Gasteiger partial charge in [0.2, 0.25) is 0 Å². The molecule has 5 nitrogen and oxygen atoms in total. The molecule has 0 saturated heterocycles. The van der Waals surface area contributed by atoms with E-state index < -0.39 is 17.9 Å². The van der Waals surface area contributed by atoms with Crippen molar-refractivity contribution in [1.82, 2.24) is 5.32 Å². The highest BCUT2D eigenvalue weighted by molar-refractivity contribution is 5.94. The summed E-state index contributed by atoms with van der Waals surface area (Å²) in [6.45, 7) is 0. The second-order valence-corrected chi connectivity index (χ2v) is 7.26. The van der Waals surface area contributed by atoms with Crippen molar-refractivity contribution in [2.75, 3.05) is 0 Å². The minimum Gasteiger partial charge on any atom is -0.460 e. The highest BCUT2D eigenvalue weighted by Gasteiger charge is 2.28. The van der Waals surface area contributed by atoms with Gasteiger partial charge in [0.05, 0.1) is 6.26 Å². The Hall–Kier alpha value is -3.34. The fraction of sp³-hybridized carbons (Fsp3) is 0.250. The van der Waals surface area contributed by atoms with E-state index >= 15 is 0 Å². The Bertz CT molecular complexity index is 966. The molecule has 1 aliphatic rings. The van der Waals surface area contributed by atoms with Crippen LogP contribution in [0, 0.1) is 0 Å². The molecule has 0 bridgehead atoms. The molecule has 0 fully saturated rings. The molecule has 0 radical (unpaired) electrons. The molecule has 5 heteroatoms. The molecule has 2 aromatic carbocycles. The number of aryl methyl sites for hydroxylation is 1. The molecule has 0 aliphatic heterocycles. The van der Waals surface area contributed by atoms with Crippen LogP contribution < -0.4 is 5.32 Å². The normalized spacial score (nSPS) is 16.5. The van der Waals surface area contributed by atoms with E-state index in [2.05, 4.69) is 17.4 Å². The largest absolute Gasteiger partial charge is 0.460 e. The Morgan fingerprint density at radius 1 is 1.00 bits per heavy atom. The number of ether oxygens (including phenoxy) is 1. The lowest BCUT2D eigenvalue weighted by Gasteiger charge is -2.26. The first-order valence-corrected chi connectivity index (χ1v) is 9.84. The van der Waals surface area contributed by atoms with Crippen molar-refractivity contribution in [3.8, 4) is 0 Å². The van der Waals surface area contributed by atoms with Crippen LogP contribution in [0.4, 0.5) is 0 Å². The van der Waals surface area contributed by atoms with Gasteiger partial charge in [-0.15, -0.1) is 0 Å². The van der Waals surface area contributed by atoms with Gasteiger partial charge in [-0.05, 0) is 41.7 Å². The molecule has 1 aromatic heterocycles. The van der Waals surface area contributed by atoms with Gasteiger partial charge in [0, 0.05) is 12.8 Å². The average Bonchev–Trinajstić information content (AvgIpc) is 3.29. The van der Waals surface area contributed by atoms with E-state index in [1.54, 1.807) is 12.1 Å². The quantitative estimate of drug-likeness (QED) is 0.653. The predicted molar refractivity (Wildman–Crippen MR) is 108 cm³/mol. The molecule has 29 heavy (non-hydrogen) atoms. The van der Waals surface area contributed by atoms with Crippen molar-refractivity contribution in [2.45, 2.75) is 37.8 Å². The predicted octanol–water partition coefficient (Wildman–Crippen LogP) is 3.72. The van der Waals surface area contributed by atoms with Crippen molar-refractivity contribution >= 4 is 11.9 Å². The van der Waals surface area contributed by atoms with Gasteiger partial charge in [0.25, 0.3) is 5.91 Å². The molecule has 0 saturated carbocycles. The summed E-state index contributed by atoms with van der Waals surface area (Å²) in [5.41, 5.74) is 3.48. The molecular weight excluding hydrogens is 366 g/mol. The molecule has 4 rings (SSSR count). The van der Waals surface area contributed by atoms with Crippen molar-refractivity contribution < 1.29 is 18.7 Å². The van der Waals surface area contributed by atoms with Gasteiger partial charge in [-0.25, -0.2) is 4.79 Å². The van der Waals surface area contributed by atoms with Crippen LogP contribution in [0.1, 0.15) is 33.7 Å². The van der Waals surface area contributed by atoms with Crippen LogP contribution in [0.25, 0.3) is 0 Å². The van der Waals surface area contributed by atoms with Gasteiger partial charge in [0.1, 0.15) is 12.1 Å². The zero-order valence-corrected chi connectivity index (χ0v) is 16.0. The third-order valence-corrected chi connectivity index (χ3v) is 5.20.